The van der Waals surface area contributed by atoms with Gasteiger partial charge in [0, 0.05) is 6.54 Å². The highest BCUT2D eigenvalue weighted by Crippen LogP contribution is 1.87. The molecular weight excluding hydrogens is 172 g/mol. The SMILES string of the molecule is CN(C)CCn1nc(CN)oc1=O. The van der Waals surface area contributed by atoms with Crippen molar-refractivity contribution in [3.63, 3.8) is 0 Å². The van der Waals surface area contributed by atoms with Crippen LogP contribution in [-0.2, 0) is 13.1 Å². The summed E-state index contributed by atoms with van der Waals surface area (Å²) >= 11 is 0. The van der Waals surface area contributed by atoms with Crippen LogP contribution in [0.25, 0.3) is 0 Å². The molecule has 74 valence electrons. The fourth-order valence-electron chi connectivity index (χ4n) is 0.868. The Morgan fingerprint density at radius 2 is 2.31 bits per heavy atom. The molecule has 0 atom stereocenters. The average Bonchev–Trinajstić information content (AvgIpc) is 2.43. The molecular formula is C7H14N4O2. The lowest BCUT2D eigenvalue weighted by molar-refractivity contribution is 0.361. The van der Waals surface area contributed by atoms with E-state index < -0.39 is 5.76 Å². The van der Waals surface area contributed by atoms with Crippen molar-refractivity contribution in [3.05, 3.63) is 16.4 Å². The zero-order valence-electron chi connectivity index (χ0n) is 7.86. The van der Waals surface area contributed by atoms with Crippen molar-refractivity contribution in [2.24, 2.45) is 5.73 Å². The van der Waals surface area contributed by atoms with Crippen LogP contribution in [0.3, 0.4) is 0 Å². The first-order valence-corrected chi connectivity index (χ1v) is 4.05. The quantitative estimate of drug-likeness (QED) is 0.643. The first-order valence-electron chi connectivity index (χ1n) is 4.05. The summed E-state index contributed by atoms with van der Waals surface area (Å²) in [5.41, 5.74) is 5.27. The highest BCUT2D eigenvalue weighted by molar-refractivity contribution is 4.72. The standard InChI is InChI=1S/C7H14N4O2/c1-10(2)3-4-11-7(12)13-6(5-8)9-11/h3-5,8H2,1-2H3. The van der Waals surface area contributed by atoms with Crippen LogP contribution in [0, 0.1) is 0 Å². The average molecular weight is 186 g/mol. The lowest BCUT2D eigenvalue weighted by atomic mass is 10.6. The van der Waals surface area contributed by atoms with E-state index in [1.54, 1.807) is 0 Å². The predicted octanol–water partition coefficient (Wildman–Crippen LogP) is -1.14. The molecule has 0 aliphatic carbocycles. The number of rotatable bonds is 4. The highest BCUT2D eigenvalue weighted by atomic mass is 16.4. The molecule has 6 heteroatoms. The van der Waals surface area contributed by atoms with Gasteiger partial charge in [0.2, 0.25) is 5.89 Å². The van der Waals surface area contributed by atoms with Gasteiger partial charge in [-0.05, 0) is 14.1 Å². The minimum Gasteiger partial charge on any atom is -0.391 e. The van der Waals surface area contributed by atoms with E-state index in [0.717, 1.165) is 6.54 Å². The van der Waals surface area contributed by atoms with Crippen molar-refractivity contribution < 1.29 is 4.42 Å². The first kappa shape index (κ1) is 9.94. The highest BCUT2D eigenvalue weighted by Gasteiger charge is 2.05. The fourth-order valence-corrected chi connectivity index (χ4v) is 0.868. The first-order chi connectivity index (χ1) is 6.13. The van der Waals surface area contributed by atoms with E-state index >= 15 is 0 Å². The second kappa shape index (κ2) is 4.20. The van der Waals surface area contributed by atoms with Crippen molar-refractivity contribution >= 4 is 0 Å². The van der Waals surface area contributed by atoms with E-state index in [1.807, 2.05) is 19.0 Å². The zero-order chi connectivity index (χ0) is 9.84. The molecule has 2 N–H and O–H groups in total. The number of nitrogens with zero attached hydrogens (tertiary/aromatic N) is 3. The molecule has 0 aliphatic rings. The van der Waals surface area contributed by atoms with Crippen LogP contribution in [0.2, 0.25) is 0 Å². The molecule has 0 saturated carbocycles. The van der Waals surface area contributed by atoms with E-state index in [-0.39, 0.29) is 12.4 Å². The van der Waals surface area contributed by atoms with Gasteiger partial charge in [0.15, 0.2) is 0 Å². The molecule has 1 heterocycles. The largest absolute Gasteiger partial charge is 0.437 e. The Hall–Kier alpha value is -1.14. The van der Waals surface area contributed by atoms with Gasteiger partial charge in [-0.3, -0.25) is 0 Å². The van der Waals surface area contributed by atoms with E-state index in [2.05, 4.69) is 5.10 Å². The molecule has 0 amide bonds. The summed E-state index contributed by atoms with van der Waals surface area (Å²) in [6, 6.07) is 0. The molecule has 6 nitrogen and oxygen atoms in total. The summed E-state index contributed by atoms with van der Waals surface area (Å²) in [5, 5.41) is 3.89. The summed E-state index contributed by atoms with van der Waals surface area (Å²) in [6.45, 7) is 1.43. The van der Waals surface area contributed by atoms with Crippen LogP contribution in [0.1, 0.15) is 5.89 Å². The van der Waals surface area contributed by atoms with Crippen molar-refractivity contribution in [2.45, 2.75) is 13.1 Å². The molecule has 13 heavy (non-hydrogen) atoms. The molecule has 0 spiro atoms. The molecule has 0 bridgehead atoms. The van der Waals surface area contributed by atoms with Crippen LogP contribution >= 0.6 is 0 Å². The normalized spacial score (nSPS) is 11.1. The Morgan fingerprint density at radius 3 is 2.77 bits per heavy atom. The predicted molar refractivity (Wildman–Crippen MR) is 47.2 cm³/mol. The van der Waals surface area contributed by atoms with Gasteiger partial charge in [-0.15, -0.1) is 5.10 Å². The smallest absolute Gasteiger partial charge is 0.391 e. The number of nitrogens with two attached hydrogens (primary N) is 1. The van der Waals surface area contributed by atoms with Crippen molar-refractivity contribution in [1.82, 2.24) is 14.7 Å². The maximum Gasteiger partial charge on any atom is 0.437 e. The monoisotopic (exact) mass is 186 g/mol. The van der Waals surface area contributed by atoms with Gasteiger partial charge in [0.25, 0.3) is 0 Å². The third-order valence-corrected chi connectivity index (χ3v) is 1.58. The van der Waals surface area contributed by atoms with Gasteiger partial charge in [0.05, 0.1) is 13.1 Å². The molecule has 0 saturated heterocycles. The van der Waals surface area contributed by atoms with Gasteiger partial charge in [0.1, 0.15) is 0 Å². The molecule has 0 aromatic carbocycles. The minimum atomic E-state index is -0.442. The third kappa shape index (κ3) is 2.67. The summed E-state index contributed by atoms with van der Waals surface area (Å²) in [4.78, 5) is 13.0. The summed E-state index contributed by atoms with van der Waals surface area (Å²) < 4.78 is 6.03. The number of hydrogen-bond donors (Lipinski definition) is 1. The van der Waals surface area contributed by atoms with Crippen molar-refractivity contribution in [1.29, 1.82) is 0 Å². The van der Waals surface area contributed by atoms with Gasteiger partial charge in [-0.25, -0.2) is 4.79 Å². The van der Waals surface area contributed by atoms with Crippen LogP contribution in [0.4, 0.5) is 0 Å². The van der Waals surface area contributed by atoms with Crippen LogP contribution in [0.5, 0.6) is 0 Å². The molecule has 0 aliphatic heterocycles. The maximum absolute atomic E-state index is 11.1. The van der Waals surface area contributed by atoms with Crippen LogP contribution in [-0.4, -0.2) is 35.3 Å². The summed E-state index contributed by atoms with van der Waals surface area (Å²) in [7, 11) is 3.85. The third-order valence-electron chi connectivity index (χ3n) is 1.58. The fraction of sp³-hybridized carbons (Fsp3) is 0.714. The second-order valence-electron chi connectivity index (χ2n) is 2.99. The molecule has 0 unspecified atom stereocenters. The van der Waals surface area contributed by atoms with Gasteiger partial charge < -0.3 is 15.1 Å². The Kier molecular flexibility index (Phi) is 3.21. The molecule has 0 radical (unpaired) electrons. The number of likely N-dealkylation sites (N-methyl/N-ethyl adjacent to an activating group) is 1. The van der Waals surface area contributed by atoms with E-state index in [9.17, 15) is 4.79 Å². The Morgan fingerprint density at radius 1 is 1.62 bits per heavy atom. The lowest BCUT2D eigenvalue weighted by Crippen LogP contribution is -2.24. The van der Waals surface area contributed by atoms with Gasteiger partial charge in [-0.1, -0.05) is 0 Å². The van der Waals surface area contributed by atoms with E-state index in [4.69, 9.17) is 10.2 Å². The van der Waals surface area contributed by atoms with E-state index in [0.29, 0.717) is 6.54 Å². The Balaban J connectivity index is 2.66. The topological polar surface area (TPSA) is 77.3 Å². The zero-order valence-corrected chi connectivity index (χ0v) is 7.86. The summed E-state index contributed by atoms with van der Waals surface area (Å²) in [5.74, 6) is -0.161. The van der Waals surface area contributed by atoms with Crippen molar-refractivity contribution in [3.8, 4) is 0 Å². The Bertz CT molecular complexity index is 315. The van der Waals surface area contributed by atoms with Crippen molar-refractivity contribution in [2.75, 3.05) is 20.6 Å². The molecule has 0 fully saturated rings. The second-order valence-corrected chi connectivity index (χ2v) is 2.99. The van der Waals surface area contributed by atoms with E-state index in [1.165, 1.54) is 4.68 Å². The maximum atomic E-state index is 11.1. The van der Waals surface area contributed by atoms with Gasteiger partial charge in [-0.2, -0.15) is 4.68 Å². The van der Waals surface area contributed by atoms with Crippen LogP contribution < -0.4 is 11.5 Å². The number of aromatic nitrogens is 2. The molecule has 1 aromatic rings. The van der Waals surface area contributed by atoms with Gasteiger partial charge >= 0.3 is 5.76 Å². The Labute approximate surface area is 75.9 Å². The number of hydrogen-bond acceptors (Lipinski definition) is 5. The molecule has 1 aromatic heterocycles. The molecule has 1 rings (SSSR count). The summed E-state index contributed by atoms with van der Waals surface area (Å²) in [6.07, 6.45) is 0. The lowest BCUT2D eigenvalue weighted by Gasteiger charge is -2.06. The minimum absolute atomic E-state index is 0.157. The van der Waals surface area contributed by atoms with Crippen LogP contribution in [0.15, 0.2) is 9.21 Å².